The Morgan fingerprint density at radius 3 is 2.32 bits per heavy atom. The summed E-state index contributed by atoms with van der Waals surface area (Å²) in [5.74, 6) is -9.27. The Morgan fingerprint density at radius 1 is 0.859 bits per heavy atom. The van der Waals surface area contributed by atoms with Gasteiger partial charge in [0.1, 0.15) is 41.1 Å². The Labute approximate surface area is 495 Å². The third-order valence-electron chi connectivity index (χ3n) is 17.8. The van der Waals surface area contributed by atoms with Crippen molar-refractivity contribution in [1.29, 1.82) is 0 Å². The number of carbonyl (C=O) groups is 6. The lowest BCUT2D eigenvalue weighted by atomic mass is 9.81. The molecule has 14 atom stereocenters. The van der Waals surface area contributed by atoms with Crippen molar-refractivity contribution < 1.29 is 82.0 Å². The van der Waals surface area contributed by atoms with Crippen molar-refractivity contribution in [3.8, 4) is 28.2 Å². The molecule has 4 heterocycles. The fraction of sp³-hybridized carbons (Fsp3) is 0.554. The number of methoxy groups -OCH3 is 3. The van der Waals surface area contributed by atoms with Crippen LogP contribution in [0.2, 0.25) is 0 Å². The molecule has 1 saturated carbocycles. The molecule has 0 radical (unpaired) electrons. The number of ether oxygens (including phenoxy) is 6. The zero-order valence-electron chi connectivity index (χ0n) is 49.8. The van der Waals surface area contributed by atoms with E-state index in [-0.39, 0.29) is 78.9 Å². The highest BCUT2D eigenvalue weighted by molar-refractivity contribution is 6.39. The first-order chi connectivity index (χ1) is 40.6. The summed E-state index contributed by atoms with van der Waals surface area (Å²) in [5, 5.41) is 49.4. The van der Waals surface area contributed by atoms with Gasteiger partial charge in [0.05, 0.1) is 49.2 Å². The number of Topliss-reactive ketones (excluding diaryl/α,β-unsaturated/α-hetero) is 2. The molecule has 4 aliphatic heterocycles. The quantitative estimate of drug-likeness (QED) is 0.0298. The number of aromatic hydroxyl groups is 1. The molecule has 2 saturated heterocycles. The molecule has 85 heavy (non-hydrogen) atoms. The molecule has 2 bridgehead atoms. The number of allylic oxidation sites excluding steroid dienone is 3. The minimum Gasteiger partial charge on any atom is -0.507 e. The number of benzene rings is 3. The number of fused-ring (bicyclic) bond motifs is 5. The van der Waals surface area contributed by atoms with E-state index in [0.29, 0.717) is 78.2 Å². The average molecular weight is 1180 g/mol. The number of hydrogen-bond acceptors (Lipinski definition) is 18. The van der Waals surface area contributed by atoms with Gasteiger partial charge in [-0.1, -0.05) is 62.8 Å². The number of phenolic OH excluding ortho intramolecular Hbond substituents is 1. The number of amides is 2. The van der Waals surface area contributed by atoms with Crippen LogP contribution in [0.25, 0.3) is 33.4 Å². The first kappa shape index (κ1) is 64.4. The molecular weight excluding hydrogens is 1100 g/mol. The van der Waals surface area contributed by atoms with Crippen LogP contribution in [0, 0.1) is 29.6 Å². The van der Waals surface area contributed by atoms with Gasteiger partial charge in [-0.15, -0.1) is 0 Å². The van der Waals surface area contributed by atoms with Gasteiger partial charge in [0.25, 0.3) is 11.7 Å². The predicted molar refractivity (Wildman–Crippen MR) is 312 cm³/mol. The SMILES string of the molecule is COC1CC(/C=C(\C)[C@H]2OC(=O)C3CCCCN3C(=O)C(=O)C3(O)O[C@@H](C(OC)CC3C)[C@@H](OC)C[C@@H](C)C/C(C)=C/[C@@H](CCOC(=O)NCc3c(O)ccc4c(-c5ccccc5C=O)c5ccc(=O)cc-5oc34)C(=O)CC(O)[C@H]2C)CC[C@H]1O. The molecule has 3 fully saturated rings. The molecule has 460 valence electrons. The minimum atomic E-state index is -2.61. The molecule has 2 aromatic rings. The summed E-state index contributed by atoms with van der Waals surface area (Å²) >= 11 is 0. The van der Waals surface area contributed by atoms with Gasteiger partial charge in [0.15, 0.2) is 11.7 Å². The molecule has 2 amide bonds. The van der Waals surface area contributed by atoms with Crippen LogP contribution in [-0.2, 0) is 54.1 Å². The van der Waals surface area contributed by atoms with Crippen molar-refractivity contribution in [2.24, 2.45) is 29.6 Å². The Bertz CT molecular complexity index is 3170. The number of esters is 1. The second-order valence-electron chi connectivity index (χ2n) is 23.8. The largest absolute Gasteiger partial charge is 0.507 e. The fourth-order valence-electron chi connectivity index (χ4n) is 13.0. The summed E-state index contributed by atoms with van der Waals surface area (Å²) in [6, 6.07) is 13.0. The Balaban J connectivity index is 1.08. The molecule has 20 nitrogen and oxygen atoms in total. The van der Waals surface area contributed by atoms with E-state index >= 15 is 0 Å². The smallest absolute Gasteiger partial charge is 0.407 e. The van der Waals surface area contributed by atoms with Gasteiger partial charge in [-0.3, -0.25) is 24.0 Å². The highest BCUT2D eigenvalue weighted by Crippen LogP contribution is 2.44. The van der Waals surface area contributed by atoms with Crippen LogP contribution in [0.1, 0.15) is 121 Å². The molecule has 2 aromatic carbocycles. The number of alkyl carbamates (subject to hydrolysis) is 1. The van der Waals surface area contributed by atoms with Gasteiger partial charge in [-0.25, -0.2) is 9.59 Å². The Kier molecular flexibility index (Phi) is 21.4. The molecule has 5 N–H and O–H groups in total. The van der Waals surface area contributed by atoms with Crippen molar-refractivity contribution in [1.82, 2.24) is 10.2 Å². The summed E-state index contributed by atoms with van der Waals surface area (Å²) in [6.07, 6.45) is 0.508. The van der Waals surface area contributed by atoms with Gasteiger partial charge >= 0.3 is 12.1 Å². The van der Waals surface area contributed by atoms with Gasteiger partial charge in [0.2, 0.25) is 5.79 Å². The Hall–Kier alpha value is -6.65. The summed E-state index contributed by atoms with van der Waals surface area (Å²) in [5.41, 5.74) is 3.36. The van der Waals surface area contributed by atoms with Crippen molar-refractivity contribution in [2.45, 2.75) is 166 Å². The number of aldehydes is 1. The van der Waals surface area contributed by atoms with Crippen LogP contribution in [0.5, 0.6) is 5.75 Å². The number of carbonyl (C=O) groups excluding carboxylic acids is 6. The maximum Gasteiger partial charge on any atom is 0.407 e. The molecule has 0 aromatic heterocycles. The van der Waals surface area contributed by atoms with Crippen LogP contribution < -0.4 is 10.7 Å². The van der Waals surface area contributed by atoms with Crippen molar-refractivity contribution in [3.05, 3.63) is 99.2 Å². The van der Waals surface area contributed by atoms with E-state index in [1.807, 2.05) is 19.9 Å². The summed E-state index contributed by atoms with van der Waals surface area (Å²) in [6.45, 7) is 8.26. The van der Waals surface area contributed by atoms with Gasteiger partial charge in [-0.2, -0.15) is 0 Å². The zero-order valence-corrected chi connectivity index (χ0v) is 49.8. The highest BCUT2D eigenvalue weighted by atomic mass is 16.7. The lowest BCUT2D eigenvalue weighted by Crippen LogP contribution is -2.64. The number of rotatable bonds is 12. The third-order valence-corrected chi connectivity index (χ3v) is 17.8. The molecular formula is C65H82N2O18. The van der Waals surface area contributed by atoms with Crippen molar-refractivity contribution in [3.63, 3.8) is 0 Å². The summed E-state index contributed by atoms with van der Waals surface area (Å²) in [4.78, 5) is 98.0. The molecule has 6 aliphatic rings. The zero-order chi connectivity index (χ0) is 61.4. The maximum absolute atomic E-state index is 14.8. The molecule has 0 spiro atoms. The summed E-state index contributed by atoms with van der Waals surface area (Å²) < 4.78 is 42.1. The first-order valence-electron chi connectivity index (χ1n) is 29.6. The predicted octanol–water partition coefficient (Wildman–Crippen LogP) is 7.78. The molecule has 8 rings (SSSR count). The number of aliphatic hydroxyl groups is 3. The van der Waals surface area contributed by atoms with E-state index in [9.17, 15) is 54.0 Å². The third kappa shape index (κ3) is 14.4. The molecule has 2 aliphatic carbocycles. The second kappa shape index (κ2) is 28.2. The van der Waals surface area contributed by atoms with E-state index in [2.05, 4.69) is 5.32 Å². The molecule has 7 unspecified atom stereocenters. The maximum atomic E-state index is 14.8. The van der Waals surface area contributed by atoms with E-state index in [0.717, 1.165) is 16.8 Å². The van der Waals surface area contributed by atoms with E-state index in [4.69, 9.17) is 32.8 Å². The molecule has 20 heteroatoms. The average Bonchev–Trinajstić information content (AvgIpc) is 3.63. The number of cyclic esters (lactones) is 1. The summed E-state index contributed by atoms with van der Waals surface area (Å²) in [7, 11) is 4.49. The van der Waals surface area contributed by atoms with Crippen molar-refractivity contribution in [2.75, 3.05) is 34.5 Å². The highest BCUT2D eigenvalue weighted by Gasteiger charge is 2.57. The first-order valence-corrected chi connectivity index (χ1v) is 29.6. The topological polar surface area (TPSA) is 284 Å². The standard InChI is InChI=1S/C65H82N2O18/c1-35-25-36(2)27-55(80-7)60-56(81-8)29-38(4)65(78,85-60)61(74)62(75)67-23-12-11-15-48(67)63(76)84-58(37(3)28-40-16-20-50(71)54(30-40)79-6)39(5)51(72)32-52(73)41(26-35)22-24-82-64(77)66-33-47-49(70)21-19-46-57(44-14-10-9-13-42(44)34-68)45-18-17-43(69)31-53(45)83-59(46)47/h9-10,13-14,17-19,21,26,28,31,34,36,38-41,48,50-51,54-56,58,60,70-72,78H,11-12,15-16,20,22-25,27,29-30,32-33H2,1-8H3,(H,66,77)/b35-26+,37-28+/t36-,38?,39+,40?,41+,48?,50+,51?,54?,55-,56?,58+,60+,65?/m0/s1. The van der Waals surface area contributed by atoms with Gasteiger partial charge in [0, 0.05) is 80.2 Å². The monoisotopic (exact) mass is 1180 g/mol. The number of ketones is 2. The van der Waals surface area contributed by atoms with Crippen LogP contribution in [0.4, 0.5) is 4.79 Å². The number of phenols is 1. The number of piperidine rings is 1. The Morgan fingerprint density at radius 2 is 1.59 bits per heavy atom. The number of nitrogens with zero attached hydrogens (tertiary/aromatic N) is 1. The lowest BCUT2D eigenvalue weighted by molar-refractivity contribution is -0.302. The second-order valence-corrected chi connectivity index (χ2v) is 23.8. The number of hydrogen-bond donors (Lipinski definition) is 5. The number of aliphatic hydroxyl groups excluding tert-OH is 2. The minimum absolute atomic E-state index is 0.0126. The van der Waals surface area contributed by atoms with Crippen LogP contribution in [0.15, 0.2) is 87.1 Å². The van der Waals surface area contributed by atoms with E-state index in [1.165, 1.54) is 39.5 Å². The van der Waals surface area contributed by atoms with E-state index in [1.54, 1.807) is 63.2 Å². The van der Waals surface area contributed by atoms with Gasteiger partial charge < -0.3 is 63.5 Å². The number of nitrogens with one attached hydrogen (secondary N) is 1. The van der Waals surface area contributed by atoms with E-state index < -0.39 is 108 Å². The van der Waals surface area contributed by atoms with Crippen molar-refractivity contribution >= 4 is 46.8 Å². The normalized spacial score (nSPS) is 31.3. The van der Waals surface area contributed by atoms with Crippen LogP contribution >= 0.6 is 0 Å². The lowest BCUT2D eigenvalue weighted by Gasteiger charge is -2.47. The van der Waals surface area contributed by atoms with Crippen LogP contribution in [0.3, 0.4) is 0 Å². The van der Waals surface area contributed by atoms with Crippen LogP contribution in [-0.4, -0.2) is 150 Å². The van der Waals surface area contributed by atoms with Gasteiger partial charge in [-0.05, 0) is 125 Å². The fourth-order valence-corrected chi connectivity index (χ4v) is 13.0.